The number of nitrogens with zero attached hydrogens (tertiary/aromatic N) is 1. The van der Waals surface area contributed by atoms with Gasteiger partial charge in [-0.25, -0.2) is 0 Å². The summed E-state index contributed by atoms with van der Waals surface area (Å²) in [5.41, 5.74) is 0.238. The molecule has 0 aliphatic heterocycles. The maximum absolute atomic E-state index is 10.6. The Balaban J connectivity index is 3.21. The lowest BCUT2D eigenvalue weighted by molar-refractivity contribution is -0.385. The molecular formula is C9H6ClNO3. The number of nitro benzene ring substituents is 1. The average Bonchev–Trinajstić information content (AvgIpc) is 2.15. The summed E-state index contributed by atoms with van der Waals surface area (Å²) in [6.07, 6.45) is 3.11. The lowest BCUT2D eigenvalue weighted by Gasteiger charge is -1.96. The average molecular weight is 212 g/mol. The summed E-state index contributed by atoms with van der Waals surface area (Å²) >= 11 is 5.60. The topological polar surface area (TPSA) is 60.2 Å². The third kappa shape index (κ3) is 2.40. The molecule has 0 aliphatic rings. The molecule has 0 radical (unpaired) electrons. The fourth-order valence-corrected chi connectivity index (χ4v) is 1.13. The van der Waals surface area contributed by atoms with Crippen LogP contribution in [0.3, 0.4) is 0 Å². The van der Waals surface area contributed by atoms with Crippen molar-refractivity contribution in [3.63, 3.8) is 0 Å². The Morgan fingerprint density at radius 2 is 2.14 bits per heavy atom. The number of hydrogen-bond acceptors (Lipinski definition) is 3. The van der Waals surface area contributed by atoms with Gasteiger partial charge in [0.15, 0.2) is 0 Å². The number of carbonyl (C=O) groups is 1. The van der Waals surface area contributed by atoms with E-state index in [4.69, 9.17) is 11.6 Å². The maximum atomic E-state index is 10.6. The highest BCUT2D eigenvalue weighted by molar-refractivity contribution is 6.30. The van der Waals surface area contributed by atoms with E-state index in [0.29, 0.717) is 16.9 Å². The Morgan fingerprint density at radius 1 is 1.43 bits per heavy atom. The first-order valence-corrected chi connectivity index (χ1v) is 4.08. The van der Waals surface area contributed by atoms with Crippen LogP contribution < -0.4 is 0 Å². The molecule has 72 valence electrons. The largest absolute Gasteiger partial charge is 0.299 e. The van der Waals surface area contributed by atoms with Crippen LogP contribution in [-0.2, 0) is 4.79 Å². The van der Waals surface area contributed by atoms with E-state index in [-0.39, 0.29) is 5.69 Å². The SMILES string of the molecule is O=C/C=C/c1ccc(Cl)cc1[N+](=O)[O-]. The summed E-state index contributed by atoms with van der Waals surface area (Å²) in [7, 11) is 0. The number of allylic oxidation sites excluding steroid dienone is 1. The van der Waals surface area contributed by atoms with Crippen molar-refractivity contribution in [2.24, 2.45) is 0 Å². The van der Waals surface area contributed by atoms with Gasteiger partial charge in [0, 0.05) is 11.1 Å². The first-order chi connectivity index (χ1) is 6.65. The normalized spacial score (nSPS) is 10.4. The van der Waals surface area contributed by atoms with Gasteiger partial charge in [0.05, 0.1) is 10.5 Å². The molecule has 0 heterocycles. The molecule has 0 amide bonds. The molecule has 0 bridgehead atoms. The second-order valence-corrected chi connectivity index (χ2v) is 2.89. The van der Waals surface area contributed by atoms with Gasteiger partial charge in [0.2, 0.25) is 0 Å². The zero-order chi connectivity index (χ0) is 10.6. The Kier molecular flexibility index (Phi) is 3.36. The molecule has 4 nitrogen and oxygen atoms in total. The fraction of sp³-hybridized carbons (Fsp3) is 0. The van der Waals surface area contributed by atoms with E-state index in [9.17, 15) is 14.9 Å². The van der Waals surface area contributed by atoms with Gasteiger partial charge in [-0.15, -0.1) is 0 Å². The van der Waals surface area contributed by atoms with Crippen molar-refractivity contribution in [2.45, 2.75) is 0 Å². The van der Waals surface area contributed by atoms with Crippen molar-refractivity contribution < 1.29 is 9.72 Å². The molecule has 0 aromatic heterocycles. The summed E-state index contributed by atoms with van der Waals surface area (Å²) < 4.78 is 0. The molecule has 0 spiro atoms. The van der Waals surface area contributed by atoms with Crippen LogP contribution in [0.4, 0.5) is 5.69 Å². The van der Waals surface area contributed by atoms with Crippen LogP contribution >= 0.6 is 11.6 Å². The minimum absolute atomic E-state index is 0.115. The van der Waals surface area contributed by atoms with Gasteiger partial charge in [-0.2, -0.15) is 0 Å². The molecule has 0 N–H and O–H groups in total. The smallest absolute Gasteiger partial charge is 0.278 e. The highest BCUT2D eigenvalue weighted by Gasteiger charge is 2.11. The molecular weight excluding hydrogens is 206 g/mol. The van der Waals surface area contributed by atoms with E-state index in [2.05, 4.69) is 0 Å². The standard InChI is InChI=1S/C9H6ClNO3/c10-8-4-3-7(2-1-5-12)9(6-8)11(13)14/h1-6H/b2-1+. The number of carbonyl (C=O) groups excluding carboxylic acids is 1. The van der Waals surface area contributed by atoms with Gasteiger partial charge >= 0.3 is 0 Å². The number of aldehydes is 1. The molecule has 0 aliphatic carbocycles. The van der Waals surface area contributed by atoms with Crippen LogP contribution in [0.25, 0.3) is 6.08 Å². The zero-order valence-electron chi connectivity index (χ0n) is 7.01. The number of benzene rings is 1. The van der Waals surface area contributed by atoms with Gasteiger partial charge < -0.3 is 0 Å². The predicted molar refractivity (Wildman–Crippen MR) is 53.2 cm³/mol. The molecule has 0 saturated heterocycles. The van der Waals surface area contributed by atoms with Gasteiger partial charge in [-0.1, -0.05) is 11.6 Å². The third-order valence-corrected chi connectivity index (χ3v) is 1.78. The summed E-state index contributed by atoms with van der Waals surface area (Å²) in [6, 6.07) is 4.26. The lowest BCUT2D eigenvalue weighted by atomic mass is 10.1. The number of rotatable bonds is 3. The molecule has 1 aromatic rings. The first-order valence-electron chi connectivity index (χ1n) is 3.71. The van der Waals surface area contributed by atoms with Crippen LogP contribution in [0, 0.1) is 10.1 Å². The van der Waals surface area contributed by atoms with Crippen LogP contribution in [0.5, 0.6) is 0 Å². The molecule has 0 fully saturated rings. The highest BCUT2D eigenvalue weighted by Crippen LogP contribution is 2.23. The summed E-state index contributed by atoms with van der Waals surface area (Å²) in [5.74, 6) is 0. The van der Waals surface area contributed by atoms with Crippen LogP contribution in [0.1, 0.15) is 5.56 Å². The third-order valence-electron chi connectivity index (χ3n) is 1.54. The van der Waals surface area contributed by atoms with Gasteiger partial charge in [0.1, 0.15) is 6.29 Å². The van der Waals surface area contributed by atoms with E-state index in [1.54, 1.807) is 0 Å². The highest BCUT2D eigenvalue weighted by atomic mass is 35.5. The molecule has 0 atom stereocenters. The molecule has 5 heteroatoms. The number of halogens is 1. The second-order valence-electron chi connectivity index (χ2n) is 2.46. The quantitative estimate of drug-likeness (QED) is 0.334. The Labute approximate surface area is 85.0 Å². The number of nitro groups is 1. The van der Waals surface area contributed by atoms with Crippen molar-refractivity contribution >= 4 is 29.7 Å². The van der Waals surface area contributed by atoms with Crippen molar-refractivity contribution in [2.75, 3.05) is 0 Å². The summed E-state index contributed by atoms with van der Waals surface area (Å²) in [4.78, 5) is 20.1. The van der Waals surface area contributed by atoms with Gasteiger partial charge in [-0.05, 0) is 24.3 Å². The molecule has 0 unspecified atom stereocenters. The lowest BCUT2D eigenvalue weighted by Crippen LogP contribution is -1.91. The van der Waals surface area contributed by atoms with Crippen molar-refractivity contribution in [1.29, 1.82) is 0 Å². The van der Waals surface area contributed by atoms with Gasteiger partial charge in [-0.3, -0.25) is 14.9 Å². The molecule has 1 rings (SSSR count). The monoisotopic (exact) mass is 211 g/mol. The van der Waals surface area contributed by atoms with Crippen LogP contribution in [0.15, 0.2) is 24.3 Å². The fourth-order valence-electron chi connectivity index (χ4n) is 0.959. The minimum atomic E-state index is -0.545. The first kappa shape index (κ1) is 10.4. The van der Waals surface area contributed by atoms with Crippen molar-refractivity contribution in [3.8, 4) is 0 Å². The van der Waals surface area contributed by atoms with E-state index < -0.39 is 4.92 Å². The molecule has 1 aromatic carbocycles. The predicted octanol–water partition coefficient (Wildman–Crippen LogP) is 2.46. The molecule has 14 heavy (non-hydrogen) atoms. The molecule has 0 saturated carbocycles. The van der Waals surface area contributed by atoms with E-state index >= 15 is 0 Å². The maximum Gasteiger partial charge on any atom is 0.278 e. The van der Waals surface area contributed by atoms with Crippen LogP contribution in [0.2, 0.25) is 5.02 Å². The van der Waals surface area contributed by atoms with Gasteiger partial charge in [0.25, 0.3) is 5.69 Å². The second kappa shape index (κ2) is 4.53. The van der Waals surface area contributed by atoms with E-state index in [1.165, 1.54) is 30.4 Å². The summed E-state index contributed by atoms with van der Waals surface area (Å²) in [5, 5.41) is 10.9. The summed E-state index contributed by atoms with van der Waals surface area (Å²) in [6.45, 7) is 0. The zero-order valence-corrected chi connectivity index (χ0v) is 7.77. The number of hydrogen-bond donors (Lipinski definition) is 0. The van der Waals surface area contributed by atoms with Crippen LogP contribution in [-0.4, -0.2) is 11.2 Å². The Bertz CT molecular complexity index is 401. The van der Waals surface area contributed by atoms with Crippen molar-refractivity contribution in [1.82, 2.24) is 0 Å². The Hall–Kier alpha value is -1.68. The minimum Gasteiger partial charge on any atom is -0.299 e. The van der Waals surface area contributed by atoms with E-state index in [1.807, 2.05) is 0 Å². The Morgan fingerprint density at radius 3 is 2.71 bits per heavy atom. The van der Waals surface area contributed by atoms with E-state index in [0.717, 1.165) is 0 Å². The van der Waals surface area contributed by atoms with Crippen molar-refractivity contribution in [3.05, 3.63) is 45.0 Å².